The standard InChI is InChI=1S/C60H38.C45H36.C41H28/c1-2-14-39(15-3-1)42-26-30-43(31-27-42)57-49-20-8-10-22-51(49)59(52-23-11-9-21-50(52)57)48-34-35-55-56(38-48)60(47-33-29-41-17-5-7-19-45(41)37-47)54-25-13-12-24-53(54)58(55)46-32-28-40-16-4-6-18-44(40)36-46;1-27-28(2)30(4)43(31(5)29(27)3)34-24-25-41-42(26-34)45(38-23-13-17-33-15-7-9-19-36(33)38)40-21-11-10-20-39(40)44(41)37-22-12-16-32-14-6-8-18-35(32)37;1-27-14-16-30(17-15-27)33-22-23-38-39(26-33)41(35-21-19-29-9-3-5-11-32(29)25-35)37-13-7-6-12-36(37)40(38)34-20-18-28-8-2-4-10-31(28)24-34/h1-38H;6-26H,1-5H3;2-26H,1H3. The van der Waals surface area contributed by atoms with Crippen LogP contribution in [-0.4, -0.2) is 0 Å². The Morgan fingerprint density at radius 1 is 0.0959 bits per heavy atom. The predicted molar refractivity (Wildman–Crippen MR) is 633 cm³/mol. The Hall–Kier alpha value is -18.2. The van der Waals surface area contributed by atoms with Crippen molar-refractivity contribution in [1.29, 1.82) is 0 Å². The third-order valence-electron chi connectivity index (χ3n) is 31.5. The van der Waals surface area contributed by atoms with Gasteiger partial charge in [-0.1, -0.05) is 473 Å². The highest BCUT2D eigenvalue weighted by molar-refractivity contribution is 6.29. The van der Waals surface area contributed by atoms with Gasteiger partial charge in [-0.05, 0) is 385 Å². The molecule has 146 heavy (non-hydrogen) atoms. The normalized spacial score (nSPS) is 11.6. The van der Waals surface area contributed by atoms with Crippen LogP contribution in [0.2, 0.25) is 0 Å². The maximum atomic E-state index is 2.49. The second-order valence-electron chi connectivity index (χ2n) is 39.6. The van der Waals surface area contributed by atoms with E-state index in [9.17, 15) is 0 Å². The number of aryl methyl sites for hydroxylation is 1. The highest BCUT2D eigenvalue weighted by atomic mass is 14.3. The lowest BCUT2D eigenvalue weighted by Crippen LogP contribution is -2.00. The van der Waals surface area contributed by atoms with Crippen molar-refractivity contribution in [3.05, 3.63) is 543 Å². The third-order valence-corrected chi connectivity index (χ3v) is 31.5. The van der Waals surface area contributed by atoms with E-state index in [1.165, 1.54) is 307 Å². The summed E-state index contributed by atoms with van der Waals surface area (Å²) in [5.74, 6) is 0. The third kappa shape index (κ3) is 15.3. The van der Waals surface area contributed by atoms with E-state index in [1.807, 2.05) is 0 Å². The van der Waals surface area contributed by atoms with Gasteiger partial charge >= 0.3 is 0 Å². The van der Waals surface area contributed by atoms with Crippen molar-refractivity contribution in [3.8, 4) is 122 Å². The van der Waals surface area contributed by atoms with E-state index in [1.54, 1.807) is 0 Å². The molecule has 0 nitrogen and oxygen atoms in total. The summed E-state index contributed by atoms with van der Waals surface area (Å²) in [5, 5.41) is 35.4. The van der Waals surface area contributed by atoms with Crippen molar-refractivity contribution in [2.75, 3.05) is 0 Å². The van der Waals surface area contributed by atoms with Gasteiger partial charge in [0.15, 0.2) is 0 Å². The molecule has 0 spiro atoms. The molecule has 0 heteroatoms. The summed E-state index contributed by atoms with van der Waals surface area (Å²) in [7, 11) is 0. The highest BCUT2D eigenvalue weighted by Gasteiger charge is 2.27. The molecule has 0 aliphatic rings. The van der Waals surface area contributed by atoms with E-state index in [0.717, 1.165) is 0 Å². The fraction of sp³-hybridized carbons (Fsp3) is 0.0411. The summed E-state index contributed by atoms with van der Waals surface area (Å²) >= 11 is 0. The molecule has 28 aromatic carbocycles. The highest BCUT2D eigenvalue weighted by Crippen LogP contribution is 2.54. The first-order valence-corrected chi connectivity index (χ1v) is 51.1. The van der Waals surface area contributed by atoms with E-state index in [-0.39, 0.29) is 0 Å². The van der Waals surface area contributed by atoms with Gasteiger partial charge in [-0.15, -0.1) is 0 Å². The van der Waals surface area contributed by atoms with Gasteiger partial charge in [0.05, 0.1) is 0 Å². The Balaban J connectivity index is 0.000000114. The molecule has 0 radical (unpaired) electrons. The van der Waals surface area contributed by atoms with Gasteiger partial charge in [-0.25, -0.2) is 0 Å². The molecule has 0 atom stereocenters. The van der Waals surface area contributed by atoms with Gasteiger partial charge in [0.2, 0.25) is 0 Å². The monoisotopic (exact) mass is 1850 g/mol. The average Bonchev–Trinajstić information content (AvgIpc) is 0.736. The minimum Gasteiger partial charge on any atom is -0.0622 e. The number of hydrogen-bond donors (Lipinski definition) is 0. The fourth-order valence-electron chi connectivity index (χ4n) is 24.0. The Labute approximate surface area is 851 Å². The summed E-state index contributed by atoms with van der Waals surface area (Å²) < 4.78 is 0. The maximum absolute atomic E-state index is 2.49. The van der Waals surface area contributed by atoms with Crippen molar-refractivity contribution in [3.63, 3.8) is 0 Å². The number of rotatable bonds is 11. The van der Waals surface area contributed by atoms with E-state index < -0.39 is 0 Å². The maximum Gasteiger partial charge on any atom is -0.00199 e. The Bertz CT molecular complexity index is 10100. The van der Waals surface area contributed by atoms with Gasteiger partial charge in [0.1, 0.15) is 0 Å². The molecule has 0 aromatic heterocycles. The molecule has 28 aromatic rings. The van der Waals surface area contributed by atoms with Gasteiger partial charge in [0.25, 0.3) is 0 Å². The summed E-state index contributed by atoms with van der Waals surface area (Å²) in [4.78, 5) is 0. The molecule has 0 amide bonds. The first-order chi connectivity index (χ1) is 71.9. The van der Waals surface area contributed by atoms with E-state index in [0.29, 0.717) is 0 Å². The van der Waals surface area contributed by atoms with Crippen LogP contribution in [0.3, 0.4) is 0 Å². The molecule has 0 unspecified atom stereocenters. The van der Waals surface area contributed by atoms with Gasteiger partial charge < -0.3 is 0 Å². The van der Waals surface area contributed by atoms with Crippen molar-refractivity contribution in [2.45, 2.75) is 41.5 Å². The van der Waals surface area contributed by atoms with Crippen molar-refractivity contribution in [2.24, 2.45) is 0 Å². The summed E-state index contributed by atoms with van der Waals surface area (Å²) in [5.41, 5.74) is 35.9. The molecule has 0 N–H and O–H groups in total. The molecule has 0 saturated heterocycles. The number of hydrogen-bond acceptors (Lipinski definition) is 0. The molecule has 0 aliphatic heterocycles. The quantitative estimate of drug-likeness (QED) is 0.113. The Morgan fingerprint density at radius 3 is 0.671 bits per heavy atom. The molecule has 686 valence electrons. The molecular formula is C146H102. The zero-order valence-corrected chi connectivity index (χ0v) is 82.5. The molecule has 0 fully saturated rings. The molecular weight excluding hydrogens is 1750 g/mol. The minimum atomic E-state index is 1.21. The lowest BCUT2D eigenvalue weighted by Gasteiger charge is -2.22. The van der Waals surface area contributed by atoms with Crippen molar-refractivity contribution < 1.29 is 0 Å². The Kier molecular flexibility index (Phi) is 22.1. The summed E-state index contributed by atoms with van der Waals surface area (Å²) in [6.45, 7) is 13.5. The number of fused-ring (bicyclic) bond motifs is 14. The van der Waals surface area contributed by atoms with Crippen molar-refractivity contribution >= 4 is 151 Å². The summed E-state index contributed by atoms with van der Waals surface area (Å²) in [6.07, 6.45) is 0. The van der Waals surface area contributed by atoms with E-state index >= 15 is 0 Å². The molecule has 0 bridgehead atoms. The molecule has 0 saturated carbocycles. The second-order valence-corrected chi connectivity index (χ2v) is 39.6. The van der Waals surface area contributed by atoms with Crippen LogP contribution in [0.4, 0.5) is 0 Å². The minimum absolute atomic E-state index is 1.21. The summed E-state index contributed by atoms with van der Waals surface area (Å²) in [6, 6.07) is 188. The van der Waals surface area contributed by atoms with Gasteiger partial charge in [-0.2, -0.15) is 0 Å². The van der Waals surface area contributed by atoms with Gasteiger partial charge in [0, 0.05) is 0 Å². The molecule has 28 rings (SSSR count). The van der Waals surface area contributed by atoms with Crippen LogP contribution in [0.15, 0.2) is 510 Å². The van der Waals surface area contributed by atoms with Gasteiger partial charge in [-0.3, -0.25) is 0 Å². The smallest absolute Gasteiger partial charge is 0.00199 e. The first-order valence-electron chi connectivity index (χ1n) is 51.1. The van der Waals surface area contributed by atoms with Crippen LogP contribution >= 0.6 is 0 Å². The van der Waals surface area contributed by atoms with Crippen LogP contribution in [-0.2, 0) is 0 Å². The van der Waals surface area contributed by atoms with Crippen LogP contribution in [0.25, 0.3) is 273 Å². The van der Waals surface area contributed by atoms with Crippen LogP contribution in [0.1, 0.15) is 33.4 Å². The lowest BCUT2D eigenvalue weighted by atomic mass is 9.81. The fourth-order valence-corrected chi connectivity index (χ4v) is 24.0. The predicted octanol–water partition coefficient (Wildman–Crippen LogP) is 41.4. The zero-order valence-electron chi connectivity index (χ0n) is 82.5. The largest absolute Gasteiger partial charge is 0.0622 e. The molecule has 0 heterocycles. The van der Waals surface area contributed by atoms with Crippen molar-refractivity contribution in [1.82, 2.24) is 0 Å². The van der Waals surface area contributed by atoms with E-state index in [2.05, 4.69) is 551 Å². The van der Waals surface area contributed by atoms with Crippen LogP contribution < -0.4 is 0 Å². The second kappa shape index (κ2) is 36.7. The lowest BCUT2D eigenvalue weighted by molar-refractivity contribution is 1.18. The number of benzene rings is 28. The first kappa shape index (κ1) is 88.0. The Morgan fingerprint density at radius 2 is 0.301 bits per heavy atom. The average molecular weight is 1860 g/mol. The topological polar surface area (TPSA) is 0 Å². The molecule has 0 aliphatic carbocycles. The van der Waals surface area contributed by atoms with Crippen LogP contribution in [0.5, 0.6) is 0 Å². The SMILES string of the molecule is Cc1c(C)c(C)c(-c2ccc3c(-c4cccc5ccccc45)c4ccccc4c(-c4cccc5ccccc45)c3c2)c(C)c1C.Cc1ccc(-c2ccc3c(-c4ccc5ccccc5c4)c4ccccc4c(-c4ccc5ccccc5c4)c3c2)cc1.c1ccc(-c2ccc(-c3c4ccccc4c(-c4ccc5c(-c6ccc7ccccc7c6)c6ccccc6c(-c6ccc7ccccc7c6)c5c4)c4ccccc34)cc2)cc1. The van der Waals surface area contributed by atoms with E-state index in [4.69, 9.17) is 0 Å². The van der Waals surface area contributed by atoms with Crippen LogP contribution in [0, 0.1) is 41.5 Å². The zero-order chi connectivity index (χ0) is 97.7.